The van der Waals surface area contributed by atoms with Crippen LogP contribution in [0, 0.1) is 5.41 Å². The number of rotatable bonds is 6. The number of urea groups is 1. The zero-order valence-corrected chi connectivity index (χ0v) is 12.9. The molecule has 0 radical (unpaired) electrons. The Morgan fingerprint density at radius 2 is 1.75 bits per heavy atom. The smallest absolute Gasteiger partial charge is 0.317 e. The first-order valence-corrected chi connectivity index (χ1v) is 7.71. The van der Waals surface area contributed by atoms with Gasteiger partial charge in [-0.1, -0.05) is 33.1 Å². The van der Waals surface area contributed by atoms with Gasteiger partial charge in [0.15, 0.2) is 0 Å². The van der Waals surface area contributed by atoms with E-state index in [1.54, 1.807) is 11.9 Å². The summed E-state index contributed by atoms with van der Waals surface area (Å²) in [6.45, 7) is 4.35. The maximum Gasteiger partial charge on any atom is 0.317 e. The number of carboxylic acid groups (broad SMARTS) is 1. The number of amides is 2. The number of aliphatic carboxylic acids is 1. The molecule has 0 bridgehead atoms. The molecule has 116 valence electrons. The van der Waals surface area contributed by atoms with Gasteiger partial charge < -0.3 is 15.3 Å². The van der Waals surface area contributed by atoms with Crippen molar-refractivity contribution in [3.8, 4) is 0 Å². The van der Waals surface area contributed by atoms with Crippen molar-refractivity contribution in [2.24, 2.45) is 5.41 Å². The molecule has 0 aromatic heterocycles. The van der Waals surface area contributed by atoms with Crippen molar-refractivity contribution in [2.75, 3.05) is 13.6 Å². The van der Waals surface area contributed by atoms with Crippen molar-refractivity contribution in [2.45, 2.75) is 64.8 Å². The Labute approximate surface area is 121 Å². The minimum absolute atomic E-state index is 0.162. The van der Waals surface area contributed by atoms with Crippen molar-refractivity contribution in [3.63, 3.8) is 0 Å². The third-order valence-electron chi connectivity index (χ3n) is 4.65. The summed E-state index contributed by atoms with van der Waals surface area (Å²) in [5.41, 5.74) is -0.761. The Bertz CT molecular complexity index is 334. The predicted octanol–water partition coefficient (Wildman–Crippen LogP) is 2.85. The maximum absolute atomic E-state index is 12.1. The summed E-state index contributed by atoms with van der Waals surface area (Å²) < 4.78 is 0. The van der Waals surface area contributed by atoms with E-state index in [1.807, 2.05) is 0 Å². The van der Waals surface area contributed by atoms with E-state index in [2.05, 4.69) is 19.2 Å². The van der Waals surface area contributed by atoms with E-state index < -0.39 is 11.4 Å². The zero-order valence-electron chi connectivity index (χ0n) is 12.9. The average Bonchev–Trinajstić information content (AvgIpc) is 2.46. The molecule has 2 amide bonds. The molecular weight excluding hydrogens is 256 g/mol. The monoisotopic (exact) mass is 284 g/mol. The quantitative estimate of drug-likeness (QED) is 0.788. The summed E-state index contributed by atoms with van der Waals surface area (Å²) in [7, 11) is 1.78. The van der Waals surface area contributed by atoms with Crippen LogP contribution in [0.2, 0.25) is 0 Å². The first-order valence-electron chi connectivity index (χ1n) is 7.71. The number of carbonyl (C=O) groups is 2. The van der Waals surface area contributed by atoms with Crippen molar-refractivity contribution in [3.05, 3.63) is 0 Å². The van der Waals surface area contributed by atoms with E-state index >= 15 is 0 Å². The second-order valence-electron chi connectivity index (χ2n) is 5.89. The van der Waals surface area contributed by atoms with Crippen molar-refractivity contribution < 1.29 is 14.7 Å². The number of hydrogen-bond acceptors (Lipinski definition) is 2. The lowest BCUT2D eigenvalue weighted by atomic mass is 9.74. The number of carbonyl (C=O) groups excluding carboxylic acids is 1. The summed E-state index contributed by atoms with van der Waals surface area (Å²) in [4.78, 5) is 25.4. The molecule has 20 heavy (non-hydrogen) atoms. The lowest BCUT2D eigenvalue weighted by molar-refractivity contribution is -0.150. The zero-order chi connectivity index (χ0) is 15.2. The summed E-state index contributed by atoms with van der Waals surface area (Å²) in [6, 6.07) is 0.0482. The van der Waals surface area contributed by atoms with E-state index in [9.17, 15) is 14.7 Å². The second-order valence-corrected chi connectivity index (χ2v) is 5.89. The van der Waals surface area contributed by atoms with E-state index in [4.69, 9.17) is 0 Å². The Morgan fingerprint density at radius 3 is 2.20 bits per heavy atom. The van der Waals surface area contributed by atoms with Crippen LogP contribution in [-0.4, -0.2) is 41.6 Å². The number of nitrogens with zero attached hydrogens (tertiary/aromatic N) is 1. The van der Waals surface area contributed by atoms with E-state index in [0.717, 1.165) is 32.1 Å². The van der Waals surface area contributed by atoms with Crippen LogP contribution in [0.4, 0.5) is 4.79 Å². The van der Waals surface area contributed by atoms with Gasteiger partial charge in [0, 0.05) is 19.6 Å². The molecule has 0 aromatic carbocycles. The summed E-state index contributed by atoms with van der Waals surface area (Å²) in [5.74, 6) is -0.775. The molecule has 0 heterocycles. The van der Waals surface area contributed by atoms with Gasteiger partial charge in [-0.25, -0.2) is 4.79 Å². The lowest BCUT2D eigenvalue weighted by Gasteiger charge is -2.34. The molecule has 2 N–H and O–H groups in total. The number of hydrogen-bond donors (Lipinski definition) is 2. The van der Waals surface area contributed by atoms with Gasteiger partial charge in [0.2, 0.25) is 0 Å². The Morgan fingerprint density at radius 1 is 1.20 bits per heavy atom. The number of carboxylic acids is 1. The van der Waals surface area contributed by atoms with Crippen LogP contribution in [0.15, 0.2) is 0 Å². The largest absolute Gasteiger partial charge is 0.481 e. The fraction of sp³-hybridized carbons (Fsp3) is 0.867. The summed E-state index contributed by atoms with van der Waals surface area (Å²) in [6.07, 6.45) is 6.11. The van der Waals surface area contributed by atoms with Crippen molar-refractivity contribution in [1.82, 2.24) is 10.2 Å². The Hall–Kier alpha value is -1.26. The molecule has 1 aliphatic rings. The Balaban J connectivity index is 2.59. The topological polar surface area (TPSA) is 69.6 Å². The minimum atomic E-state index is -0.775. The molecular formula is C15H28N2O3. The predicted molar refractivity (Wildman–Crippen MR) is 78.7 cm³/mol. The first-order chi connectivity index (χ1) is 9.46. The highest BCUT2D eigenvalue weighted by atomic mass is 16.4. The van der Waals surface area contributed by atoms with Crippen LogP contribution in [0.25, 0.3) is 0 Å². The van der Waals surface area contributed by atoms with Crippen LogP contribution < -0.4 is 5.32 Å². The maximum atomic E-state index is 12.1. The van der Waals surface area contributed by atoms with Crippen molar-refractivity contribution >= 4 is 12.0 Å². The second kappa shape index (κ2) is 7.50. The molecule has 0 aromatic rings. The van der Waals surface area contributed by atoms with Gasteiger partial charge in [-0.15, -0.1) is 0 Å². The first kappa shape index (κ1) is 16.8. The molecule has 0 atom stereocenters. The molecule has 5 nitrogen and oxygen atoms in total. The van der Waals surface area contributed by atoms with Gasteiger partial charge in [-0.05, 0) is 25.7 Å². The highest BCUT2D eigenvalue weighted by molar-refractivity contribution is 5.78. The normalized spacial score (nSPS) is 17.8. The highest BCUT2D eigenvalue weighted by Crippen LogP contribution is 2.36. The summed E-state index contributed by atoms with van der Waals surface area (Å²) >= 11 is 0. The standard InChI is InChI=1S/C15H28N2O3/c1-4-12(5-2)17(3)14(20)16-11-15(13(18)19)9-7-6-8-10-15/h12H,4-11H2,1-3H3,(H,16,20)(H,18,19). The van der Waals surface area contributed by atoms with E-state index in [-0.39, 0.29) is 18.6 Å². The fourth-order valence-electron chi connectivity index (χ4n) is 3.07. The molecule has 0 saturated heterocycles. The van der Waals surface area contributed by atoms with Gasteiger partial charge in [-0.2, -0.15) is 0 Å². The molecule has 1 fully saturated rings. The molecule has 1 aliphatic carbocycles. The van der Waals surface area contributed by atoms with E-state index in [0.29, 0.717) is 12.8 Å². The SMILES string of the molecule is CCC(CC)N(C)C(=O)NCC1(C(=O)O)CCCCC1. The minimum Gasteiger partial charge on any atom is -0.481 e. The molecule has 0 spiro atoms. The highest BCUT2D eigenvalue weighted by Gasteiger charge is 2.40. The number of nitrogens with one attached hydrogen (secondary N) is 1. The van der Waals surface area contributed by atoms with Gasteiger partial charge in [0.25, 0.3) is 0 Å². The molecule has 5 heteroatoms. The molecule has 1 saturated carbocycles. The van der Waals surface area contributed by atoms with Gasteiger partial charge in [0.05, 0.1) is 5.41 Å². The molecule has 0 aliphatic heterocycles. The van der Waals surface area contributed by atoms with Gasteiger partial charge in [0.1, 0.15) is 0 Å². The molecule has 1 rings (SSSR count). The van der Waals surface area contributed by atoms with Crippen LogP contribution in [0.1, 0.15) is 58.8 Å². The molecule has 0 unspecified atom stereocenters. The van der Waals surface area contributed by atoms with Crippen LogP contribution in [0.3, 0.4) is 0 Å². The van der Waals surface area contributed by atoms with Gasteiger partial charge in [-0.3, -0.25) is 4.79 Å². The van der Waals surface area contributed by atoms with Crippen LogP contribution >= 0.6 is 0 Å². The third-order valence-corrected chi connectivity index (χ3v) is 4.65. The van der Waals surface area contributed by atoms with Crippen molar-refractivity contribution in [1.29, 1.82) is 0 Å². The van der Waals surface area contributed by atoms with Crippen LogP contribution in [0.5, 0.6) is 0 Å². The van der Waals surface area contributed by atoms with Gasteiger partial charge >= 0.3 is 12.0 Å². The Kier molecular flexibility index (Phi) is 6.30. The van der Waals surface area contributed by atoms with Crippen LogP contribution in [-0.2, 0) is 4.79 Å². The third kappa shape index (κ3) is 3.87. The lowest BCUT2D eigenvalue weighted by Crippen LogP contribution is -2.49. The summed E-state index contributed by atoms with van der Waals surface area (Å²) in [5, 5.41) is 12.3. The average molecular weight is 284 g/mol. The fourth-order valence-corrected chi connectivity index (χ4v) is 3.07. The van der Waals surface area contributed by atoms with E-state index in [1.165, 1.54) is 0 Å².